The molecular formula is C22H24FNO5S2. The smallest absolute Gasteiger partial charge is 0.175 e. The van der Waals surface area contributed by atoms with Crippen molar-refractivity contribution in [3.05, 3.63) is 83.4 Å². The Balaban J connectivity index is 2.24. The molecule has 0 aliphatic heterocycles. The van der Waals surface area contributed by atoms with Gasteiger partial charge in [0.05, 0.1) is 10.3 Å². The van der Waals surface area contributed by atoms with Gasteiger partial charge in [0.15, 0.2) is 21.4 Å². The first-order chi connectivity index (χ1) is 14.4. The summed E-state index contributed by atoms with van der Waals surface area (Å²) < 4.78 is 61.2. The third-order valence-electron chi connectivity index (χ3n) is 5.34. The number of H-pyrrole nitrogens is 1. The molecule has 0 fully saturated rings. The number of aromatic amines is 1. The van der Waals surface area contributed by atoms with Crippen LogP contribution < -0.4 is 0 Å². The molecule has 0 aliphatic rings. The fraction of sp³-hybridized carbons (Fsp3) is 0.273. The Morgan fingerprint density at radius 2 is 1.61 bits per heavy atom. The summed E-state index contributed by atoms with van der Waals surface area (Å²) in [6.07, 6.45) is 4.61. The predicted octanol–water partition coefficient (Wildman–Crippen LogP) is 3.42. The average Bonchev–Trinajstić information content (AvgIpc) is 3.21. The number of hydrogen-bond acceptors (Lipinski definition) is 5. The first-order valence-corrected chi connectivity index (χ1v) is 13.5. The number of aromatic hydroxyl groups is 1. The lowest BCUT2D eigenvalue weighted by Gasteiger charge is -2.35. The Hall–Kier alpha value is -2.65. The van der Waals surface area contributed by atoms with Crippen molar-refractivity contribution >= 4 is 19.7 Å². The van der Waals surface area contributed by atoms with E-state index in [4.69, 9.17) is 0 Å². The zero-order valence-electron chi connectivity index (χ0n) is 17.2. The van der Waals surface area contributed by atoms with E-state index >= 15 is 0 Å². The Bertz CT molecular complexity index is 1270. The van der Waals surface area contributed by atoms with Gasteiger partial charge in [-0.05, 0) is 60.4 Å². The van der Waals surface area contributed by atoms with Crippen molar-refractivity contribution in [2.45, 2.75) is 23.2 Å². The predicted molar refractivity (Wildman–Crippen MR) is 117 cm³/mol. The molecule has 3 rings (SSSR count). The van der Waals surface area contributed by atoms with Crippen LogP contribution in [0.3, 0.4) is 0 Å². The topological polar surface area (TPSA) is 104 Å². The van der Waals surface area contributed by atoms with Gasteiger partial charge in [-0.1, -0.05) is 18.2 Å². The van der Waals surface area contributed by atoms with E-state index in [1.54, 1.807) is 30.5 Å². The zero-order valence-corrected chi connectivity index (χ0v) is 18.8. The van der Waals surface area contributed by atoms with Crippen molar-refractivity contribution < 1.29 is 26.3 Å². The van der Waals surface area contributed by atoms with Crippen LogP contribution in [0.1, 0.15) is 29.7 Å². The summed E-state index contributed by atoms with van der Waals surface area (Å²) in [6.45, 7) is 0. The summed E-state index contributed by atoms with van der Waals surface area (Å²) in [5.74, 6) is -1.35. The molecule has 0 spiro atoms. The molecular weight excluding hydrogens is 441 g/mol. The van der Waals surface area contributed by atoms with Gasteiger partial charge in [0.2, 0.25) is 0 Å². The number of nitrogens with one attached hydrogen (secondary N) is 1. The molecule has 1 unspecified atom stereocenters. The van der Waals surface area contributed by atoms with E-state index in [-0.39, 0.29) is 10.6 Å². The Labute approximate surface area is 181 Å². The first kappa shape index (κ1) is 23.0. The minimum Gasteiger partial charge on any atom is -0.505 e. The van der Waals surface area contributed by atoms with E-state index in [1.807, 2.05) is 6.07 Å². The molecule has 1 heterocycles. The standard InChI is InChI=1S/C22H24FNO5S2/c1-30(26,27)14-4-12-22(21-5-3-13-24-21,17-8-11-19(23)20(25)15-17)16-6-9-18(10-7-16)31(2,28)29/h3,5-11,13,15,24-25H,4,12,14H2,1-2H3. The third kappa shape index (κ3) is 4.99. The van der Waals surface area contributed by atoms with Gasteiger partial charge in [-0.2, -0.15) is 0 Å². The maximum absolute atomic E-state index is 13.8. The van der Waals surface area contributed by atoms with Crippen LogP contribution in [0.15, 0.2) is 65.7 Å². The number of halogens is 1. The summed E-state index contributed by atoms with van der Waals surface area (Å²) in [5.41, 5.74) is 0.977. The van der Waals surface area contributed by atoms with E-state index in [0.717, 1.165) is 18.6 Å². The quantitative estimate of drug-likeness (QED) is 0.530. The van der Waals surface area contributed by atoms with Crippen LogP contribution in [-0.2, 0) is 25.1 Å². The molecule has 0 saturated carbocycles. The van der Waals surface area contributed by atoms with E-state index < -0.39 is 36.7 Å². The molecule has 6 nitrogen and oxygen atoms in total. The number of benzene rings is 2. The van der Waals surface area contributed by atoms with Crippen LogP contribution in [-0.4, -0.2) is 45.2 Å². The second-order valence-electron chi connectivity index (χ2n) is 7.69. The highest BCUT2D eigenvalue weighted by Crippen LogP contribution is 2.44. The number of hydrogen-bond donors (Lipinski definition) is 2. The third-order valence-corrected chi connectivity index (χ3v) is 7.50. The van der Waals surface area contributed by atoms with E-state index in [1.165, 1.54) is 18.2 Å². The maximum Gasteiger partial charge on any atom is 0.175 e. The second-order valence-corrected chi connectivity index (χ2v) is 12.0. The van der Waals surface area contributed by atoms with Crippen LogP contribution >= 0.6 is 0 Å². The molecule has 0 bridgehead atoms. The summed E-state index contributed by atoms with van der Waals surface area (Å²) in [4.78, 5) is 3.31. The number of phenols is 1. The fourth-order valence-corrected chi connectivity index (χ4v) is 5.16. The zero-order chi connectivity index (χ0) is 22.9. The molecule has 31 heavy (non-hydrogen) atoms. The van der Waals surface area contributed by atoms with Gasteiger partial charge < -0.3 is 10.1 Å². The minimum absolute atomic E-state index is 0.0515. The van der Waals surface area contributed by atoms with E-state index in [0.29, 0.717) is 29.7 Å². The van der Waals surface area contributed by atoms with Gasteiger partial charge in [-0.25, -0.2) is 21.2 Å². The SMILES string of the molecule is CS(=O)(=O)CCCC(c1ccc(S(C)(=O)=O)cc1)(c1ccc(F)c(O)c1)c1ccc[nH]1. The van der Waals surface area contributed by atoms with Crippen LogP contribution in [0.4, 0.5) is 4.39 Å². The molecule has 0 radical (unpaired) electrons. The maximum atomic E-state index is 13.8. The van der Waals surface area contributed by atoms with Crippen molar-refractivity contribution in [2.75, 3.05) is 18.3 Å². The van der Waals surface area contributed by atoms with Crippen molar-refractivity contribution in [1.82, 2.24) is 4.98 Å². The molecule has 3 aromatic rings. The van der Waals surface area contributed by atoms with Crippen molar-refractivity contribution in [2.24, 2.45) is 0 Å². The normalized spacial score (nSPS) is 14.3. The van der Waals surface area contributed by atoms with Crippen molar-refractivity contribution in [3.63, 3.8) is 0 Å². The lowest BCUT2D eigenvalue weighted by Crippen LogP contribution is -2.31. The summed E-state index contributed by atoms with van der Waals surface area (Å²) in [7, 11) is -6.63. The van der Waals surface area contributed by atoms with Gasteiger partial charge in [0, 0.05) is 30.2 Å². The van der Waals surface area contributed by atoms with E-state index in [9.17, 15) is 26.3 Å². The largest absolute Gasteiger partial charge is 0.505 e. The molecule has 1 atom stereocenters. The van der Waals surface area contributed by atoms with Crippen molar-refractivity contribution in [1.29, 1.82) is 0 Å². The van der Waals surface area contributed by atoms with Crippen LogP contribution in [0, 0.1) is 5.82 Å². The molecule has 1 aromatic heterocycles. The van der Waals surface area contributed by atoms with Crippen LogP contribution in [0.5, 0.6) is 5.75 Å². The fourth-order valence-electron chi connectivity index (χ4n) is 3.86. The minimum atomic E-state index is -3.41. The van der Waals surface area contributed by atoms with E-state index in [2.05, 4.69) is 4.98 Å². The Kier molecular flexibility index (Phi) is 6.29. The molecule has 9 heteroatoms. The molecule has 0 saturated heterocycles. The molecule has 2 aromatic carbocycles. The van der Waals surface area contributed by atoms with Crippen LogP contribution in [0.25, 0.3) is 0 Å². The average molecular weight is 466 g/mol. The second kappa shape index (κ2) is 8.47. The molecule has 2 N–H and O–H groups in total. The molecule has 166 valence electrons. The summed E-state index contributed by atoms with van der Waals surface area (Å²) in [6, 6.07) is 13.9. The van der Waals surface area contributed by atoms with Gasteiger partial charge in [-0.3, -0.25) is 0 Å². The number of rotatable bonds is 8. The highest BCUT2D eigenvalue weighted by Gasteiger charge is 2.38. The van der Waals surface area contributed by atoms with Gasteiger partial charge in [-0.15, -0.1) is 0 Å². The number of phenolic OH excluding ortho intramolecular Hbond substituents is 1. The highest BCUT2D eigenvalue weighted by molar-refractivity contribution is 7.91. The van der Waals surface area contributed by atoms with Gasteiger partial charge in [0.1, 0.15) is 9.84 Å². The van der Waals surface area contributed by atoms with Gasteiger partial charge in [0.25, 0.3) is 0 Å². The molecule has 0 aliphatic carbocycles. The number of aromatic nitrogens is 1. The first-order valence-electron chi connectivity index (χ1n) is 9.55. The van der Waals surface area contributed by atoms with Gasteiger partial charge >= 0.3 is 0 Å². The highest BCUT2D eigenvalue weighted by atomic mass is 32.2. The molecule has 0 amide bonds. The number of sulfone groups is 2. The summed E-state index contributed by atoms with van der Waals surface area (Å²) >= 11 is 0. The lowest BCUT2D eigenvalue weighted by molar-refractivity contribution is 0.428. The monoisotopic (exact) mass is 465 g/mol. The van der Waals surface area contributed by atoms with Crippen molar-refractivity contribution in [3.8, 4) is 5.75 Å². The summed E-state index contributed by atoms with van der Waals surface area (Å²) in [5, 5.41) is 10.1. The Morgan fingerprint density at radius 3 is 2.13 bits per heavy atom. The lowest BCUT2D eigenvalue weighted by atomic mass is 9.69. The van der Waals surface area contributed by atoms with Crippen LogP contribution in [0.2, 0.25) is 0 Å². The Morgan fingerprint density at radius 1 is 0.968 bits per heavy atom.